The maximum Gasteiger partial charge on any atom is 0.326 e. The summed E-state index contributed by atoms with van der Waals surface area (Å²) < 4.78 is 12.0. The number of phenolic OH excluding ortho intramolecular Hbond substituents is 1. The molecule has 39 heteroatoms. The van der Waals surface area contributed by atoms with Gasteiger partial charge in [0.2, 0.25) is 70.9 Å². The third kappa shape index (κ3) is 34.6. The van der Waals surface area contributed by atoms with Crippen molar-refractivity contribution >= 4 is 101 Å². The number of ether oxygens (including phenoxy) is 2. The summed E-state index contributed by atoms with van der Waals surface area (Å²) in [7, 11) is 5.89. The number of aromatic hydroxyl groups is 1. The summed E-state index contributed by atoms with van der Waals surface area (Å²) in [5, 5.41) is 64.2. The average Bonchev–Trinajstić information content (AvgIpc) is 0.879. The molecule has 2 heterocycles. The van der Waals surface area contributed by atoms with Crippen molar-refractivity contribution in [3.63, 3.8) is 0 Å². The Morgan fingerprint density at radius 3 is 1.58 bits per heavy atom. The second kappa shape index (κ2) is 53.7. The molecule has 2 saturated heterocycles. The van der Waals surface area contributed by atoms with Gasteiger partial charge in [0, 0.05) is 105 Å². The van der Waals surface area contributed by atoms with E-state index in [0.717, 1.165) is 16.9 Å². The van der Waals surface area contributed by atoms with E-state index in [2.05, 4.69) is 53.2 Å². The Balaban J connectivity index is 0.0000328. The van der Waals surface area contributed by atoms with Gasteiger partial charge in [-0.15, -0.1) is 0 Å². The quantitative estimate of drug-likeness (QED) is 0.0124. The van der Waals surface area contributed by atoms with E-state index >= 15 is 4.79 Å². The SMILES string of the molecule is CC[C@H](C)[C@@H]([C@@H](CC(=O)N1CCC[C@H]1[C@H](OC)[C@@H](C)C(=O)N[C@@H](Cc1ccccc1)C(=O)O)OC)N(C)C(=O)[C@@H](NC(=O)[C@H](C(C)C)N(C)C(=O)CCCC(=O)N[C@@H](Cc1ccccc1)C(=O)N[C@@H](CCCNC(N)=O)C(=O)N[C@@H](CCCCNC(=O)[C@@H](CCCNC(=N)N)NC(=O)CN1C(=O)[CH-]CC1=O)C(=O)N[C@@H](Cc1ccc(O)cc1)C(=O)O)C(C)C.[V]. The maximum atomic E-state index is 15.0. The number of hydrogen-bond acceptors (Lipinski definition) is 20. The third-order valence-electron chi connectivity index (χ3n) is 22.2. The molecule has 0 aromatic heterocycles. The van der Waals surface area contributed by atoms with E-state index in [0.29, 0.717) is 36.9 Å². The fourth-order valence-electron chi connectivity index (χ4n) is 15.2. The van der Waals surface area contributed by atoms with E-state index in [1.807, 2.05) is 13.8 Å². The van der Waals surface area contributed by atoms with Crippen LogP contribution >= 0.6 is 0 Å². The van der Waals surface area contributed by atoms with E-state index in [9.17, 15) is 87.2 Å². The largest absolute Gasteiger partial charge is 0.508 e. The van der Waals surface area contributed by atoms with Gasteiger partial charge in [-0.25, -0.2) is 14.4 Å². The number of benzene rings is 3. The van der Waals surface area contributed by atoms with Crippen molar-refractivity contribution in [2.75, 3.05) is 61.0 Å². The van der Waals surface area contributed by atoms with E-state index < -0.39 is 186 Å². The first kappa shape index (κ1) is 106. The molecule has 14 atom stereocenters. The van der Waals surface area contributed by atoms with Crippen LogP contribution in [0.25, 0.3) is 0 Å². The first-order valence-electron chi connectivity index (χ1n) is 42.2. The number of rotatable bonds is 54. The number of primary amides is 1. The van der Waals surface area contributed by atoms with Crippen molar-refractivity contribution in [1.29, 1.82) is 5.41 Å². The van der Waals surface area contributed by atoms with Gasteiger partial charge in [-0.1, -0.05) is 134 Å². The number of carbonyl (C=O) groups is 16. The first-order valence-corrected chi connectivity index (χ1v) is 42.2. The van der Waals surface area contributed by atoms with E-state index in [1.165, 1.54) is 55.3 Å². The standard InChI is InChI=1S/C86H128N17O21.V/c1-12-52(6)74(65(123-10)48-71(110)102-44-24-32-64(102)75(124-11)53(7)76(111)97-62(83(118)119)46-55-27-17-14-18-28-55)101(9)82(117)72(50(2)3)99-81(116)73(51(4)5)100(8)68(107)34-21-33-66(105)94-61(45-54-25-15-13-16-26-54)80(115)96-60(31-23-43-92-86(89)122)78(113)95-59(79(114)98-63(84(120)121)47-56-35-37-57(104)38-36-56)29-19-20-41-90-77(112)58(30-22-42-91-85(87)88)93-67(106)49-103-69(108)39-40-70(103)109;/h13-18,25-28,35-39,50-53,58-65,72-75,104H,12,19-24,29-34,40-49H2,1-11H3,(H,90,112)(H,93,106)(H,94,105)(H,95,113)(H,96,115)(H,97,111)(H,98,114)(H,99,116)(H,118,119)(H,120,121)(H4,87,88,91)(H3,89,92,122);/q-1;/t52-,53+,58+,59-,60-,61-,62-,63-,64-,65+,72-,73-,74-,75+;/m0./s1. The Morgan fingerprint density at radius 2 is 1.07 bits per heavy atom. The predicted octanol–water partition coefficient (Wildman–Crippen LogP) is 1.17. The van der Waals surface area contributed by atoms with Gasteiger partial charge < -0.3 is 114 Å². The van der Waals surface area contributed by atoms with Crippen molar-refractivity contribution in [3.8, 4) is 5.75 Å². The number of carboxylic acid groups (broad SMARTS) is 2. The summed E-state index contributed by atoms with van der Waals surface area (Å²) in [6.45, 7) is 12.1. The van der Waals surface area contributed by atoms with Crippen LogP contribution in [0, 0.1) is 35.5 Å². The number of phenols is 1. The first-order chi connectivity index (χ1) is 58.8. The number of urea groups is 1. The van der Waals surface area contributed by atoms with Crippen molar-refractivity contribution < 1.29 is 120 Å². The molecule has 18 N–H and O–H groups in total. The van der Waals surface area contributed by atoms with Crippen LogP contribution in [0.15, 0.2) is 84.9 Å². The molecule has 3 aromatic carbocycles. The molecule has 38 nitrogen and oxygen atoms in total. The second-order valence-electron chi connectivity index (χ2n) is 32.2. The van der Waals surface area contributed by atoms with Crippen molar-refractivity contribution in [1.82, 2.24) is 72.8 Å². The number of amides is 15. The minimum absolute atomic E-state index is 0. The number of aliphatic carboxylic acids is 2. The molecular weight excluding hydrogens is 1660 g/mol. The third-order valence-corrected chi connectivity index (χ3v) is 22.2. The topological polar surface area (TPSA) is 561 Å². The van der Waals surface area contributed by atoms with Gasteiger partial charge >= 0.3 is 18.0 Å². The number of likely N-dealkylation sites (N-methyl/N-ethyl adjacent to an activating group) is 2. The normalized spacial score (nSPS) is 16.2. The van der Waals surface area contributed by atoms with E-state index in [1.54, 1.807) is 107 Å². The molecule has 0 unspecified atom stereocenters. The van der Waals surface area contributed by atoms with Crippen molar-refractivity contribution in [2.24, 2.45) is 35.1 Å². The molecular formula is C86H128N17O21V-. The van der Waals surface area contributed by atoms with Gasteiger partial charge in [0.25, 0.3) is 0 Å². The van der Waals surface area contributed by atoms with Crippen LogP contribution in [-0.4, -0.2) is 269 Å². The summed E-state index contributed by atoms with van der Waals surface area (Å²) in [6, 6.07) is 9.97. The number of hydrogen-bond donors (Lipinski definition) is 16. The summed E-state index contributed by atoms with van der Waals surface area (Å²) in [4.78, 5) is 224. The molecule has 0 aliphatic carbocycles. The van der Waals surface area contributed by atoms with Crippen LogP contribution in [0.5, 0.6) is 5.75 Å². The Hall–Kier alpha value is -11.4. The van der Waals surface area contributed by atoms with Gasteiger partial charge in [0.1, 0.15) is 60.6 Å². The molecule has 5 rings (SSSR count). The minimum Gasteiger partial charge on any atom is -0.508 e. The molecule has 0 spiro atoms. The Bertz CT molecular complexity index is 4100. The number of nitrogens with zero attached hydrogens (tertiary/aromatic N) is 4. The van der Waals surface area contributed by atoms with Crippen LogP contribution in [0.4, 0.5) is 4.79 Å². The number of methoxy groups -OCH3 is 2. The van der Waals surface area contributed by atoms with Gasteiger partial charge in [-0.05, 0) is 111 Å². The van der Waals surface area contributed by atoms with E-state index in [4.69, 9.17) is 26.4 Å². The van der Waals surface area contributed by atoms with Gasteiger partial charge in [0.05, 0.1) is 42.5 Å². The fraction of sp³-hybridized carbons (Fsp3) is 0.581. The molecule has 689 valence electrons. The number of unbranched alkanes of at least 4 members (excludes halogenated alkanes) is 1. The van der Waals surface area contributed by atoms with Crippen molar-refractivity contribution in [3.05, 3.63) is 108 Å². The summed E-state index contributed by atoms with van der Waals surface area (Å²) in [5.74, 6) is -14.1. The Morgan fingerprint density at radius 1 is 0.568 bits per heavy atom. The molecule has 125 heavy (non-hydrogen) atoms. The smallest absolute Gasteiger partial charge is 0.326 e. The predicted molar refractivity (Wildman–Crippen MR) is 456 cm³/mol. The van der Waals surface area contributed by atoms with Crippen LogP contribution in [-0.2, 0) is 119 Å². The van der Waals surface area contributed by atoms with Crippen LogP contribution in [0.2, 0.25) is 0 Å². The second-order valence-corrected chi connectivity index (χ2v) is 32.2. The van der Waals surface area contributed by atoms with Gasteiger partial charge in [-0.2, -0.15) is 0 Å². The van der Waals surface area contributed by atoms with Crippen LogP contribution in [0.1, 0.15) is 161 Å². The van der Waals surface area contributed by atoms with Crippen LogP contribution < -0.4 is 64.6 Å². The van der Waals surface area contributed by atoms with Crippen LogP contribution in [0.3, 0.4) is 0 Å². The molecule has 15 amide bonds. The number of guanidine groups is 1. The minimum atomic E-state index is -1.59. The van der Waals surface area contributed by atoms with Gasteiger partial charge in [-0.3, -0.25) is 69.4 Å². The van der Waals surface area contributed by atoms with Gasteiger partial charge in [0.15, 0.2) is 5.96 Å². The molecule has 1 radical (unpaired) electrons. The summed E-state index contributed by atoms with van der Waals surface area (Å²) >= 11 is 0. The monoisotopic (exact) mass is 1790 g/mol. The zero-order chi connectivity index (χ0) is 92.0. The number of likely N-dealkylation sites (tertiary alicyclic amines) is 2. The Kier molecular flexibility index (Phi) is 45.5. The summed E-state index contributed by atoms with van der Waals surface area (Å²) in [6.07, 6.45) is -0.405. The molecule has 2 fully saturated rings. The molecule has 2 aliphatic rings. The Labute approximate surface area is 741 Å². The maximum absolute atomic E-state index is 15.0. The molecule has 2 aliphatic heterocycles. The number of carbonyl (C=O) groups excluding carboxylic acids is 14. The average molecular weight is 1790 g/mol. The fourth-order valence-corrected chi connectivity index (χ4v) is 15.2. The number of carboxylic acids is 2. The molecule has 0 bridgehead atoms. The molecule has 3 aromatic rings. The number of nitrogens with two attached hydrogens (primary N) is 2. The van der Waals surface area contributed by atoms with E-state index in [-0.39, 0.29) is 158 Å². The van der Waals surface area contributed by atoms with Crippen molar-refractivity contribution in [2.45, 2.75) is 237 Å². The number of nitrogens with one attached hydrogen (secondary N) is 11. The summed E-state index contributed by atoms with van der Waals surface area (Å²) in [5.41, 5.74) is 12.5. The number of imide groups is 1. The zero-order valence-electron chi connectivity index (χ0n) is 73.2. The molecule has 0 saturated carbocycles. The zero-order valence-corrected chi connectivity index (χ0v) is 74.6.